The normalized spacial score (nSPS) is 18.0. The van der Waals surface area contributed by atoms with Gasteiger partial charge in [-0.05, 0) is 69.9 Å². The monoisotopic (exact) mass is 786 g/mol. The summed E-state index contributed by atoms with van der Waals surface area (Å²) in [6.45, 7) is 5.74. The lowest BCUT2D eigenvalue weighted by molar-refractivity contribution is -0.136. The van der Waals surface area contributed by atoms with Gasteiger partial charge in [-0.2, -0.15) is 0 Å². The molecule has 1 saturated heterocycles. The van der Waals surface area contributed by atoms with E-state index in [-0.39, 0.29) is 60.3 Å². The number of halogens is 1. The zero-order valence-electron chi connectivity index (χ0n) is 30.3. The van der Waals surface area contributed by atoms with Crippen LogP contribution in [-0.4, -0.2) is 89.5 Å². The Morgan fingerprint density at radius 2 is 1.69 bits per heavy atom. The van der Waals surface area contributed by atoms with E-state index in [1.165, 1.54) is 29.5 Å². The quantitative estimate of drug-likeness (QED) is 0.0784. The van der Waals surface area contributed by atoms with Gasteiger partial charge in [0, 0.05) is 40.5 Å². The van der Waals surface area contributed by atoms with Crippen molar-refractivity contribution < 1.29 is 33.5 Å². The number of piperidine rings is 1. The molecule has 2 unspecified atom stereocenters. The van der Waals surface area contributed by atoms with Crippen molar-refractivity contribution in [3.63, 3.8) is 0 Å². The number of nitrogens with zero attached hydrogens (tertiary/aromatic N) is 3. The van der Waals surface area contributed by atoms with Gasteiger partial charge in [-0.3, -0.25) is 59.7 Å². The molecule has 55 heavy (non-hydrogen) atoms. The maximum atomic E-state index is 13.2. The van der Waals surface area contributed by atoms with Gasteiger partial charge in [-0.15, -0.1) is 11.3 Å². The molecule has 0 radical (unpaired) electrons. The Kier molecular flexibility index (Phi) is 11.6. The lowest BCUT2D eigenvalue weighted by Gasteiger charge is -2.27. The van der Waals surface area contributed by atoms with Crippen molar-refractivity contribution in [2.24, 2.45) is 4.99 Å². The fourth-order valence-corrected chi connectivity index (χ4v) is 7.99. The summed E-state index contributed by atoms with van der Waals surface area (Å²) < 4.78 is 5.63. The number of amidine groups is 2. The van der Waals surface area contributed by atoms with E-state index in [2.05, 4.69) is 16.0 Å². The van der Waals surface area contributed by atoms with Crippen LogP contribution in [0.2, 0.25) is 5.02 Å². The van der Waals surface area contributed by atoms with Gasteiger partial charge >= 0.3 is 0 Å². The molecule has 1 fully saturated rings. The van der Waals surface area contributed by atoms with Crippen molar-refractivity contribution in [3.8, 4) is 5.75 Å². The maximum Gasteiger partial charge on any atom is 0.266 e. The molecule has 4 heterocycles. The van der Waals surface area contributed by atoms with Crippen LogP contribution in [0.25, 0.3) is 0 Å². The van der Waals surface area contributed by atoms with Crippen molar-refractivity contribution in [1.29, 1.82) is 10.8 Å². The highest BCUT2D eigenvalue weighted by atomic mass is 35.5. The molecule has 0 saturated carbocycles. The van der Waals surface area contributed by atoms with Crippen LogP contribution < -0.4 is 25.6 Å². The summed E-state index contributed by atoms with van der Waals surface area (Å²) >= 11 is 7.65. The summed E-state index contributed by atoms with van der Waals surface area (Å²) in [5, 5.41) is 26.6. The van der Waals surface area contributed by atoms with Gasteiger partial charge in [0.25, 0.3) is 17.7 Å². The minimum atomic E-state index is -1.12. The highest BCUT2D eigenvalue weighted by Crippen LogP contribution is 2.40. The van der Waals surface area contributed by atoms with E-state index < -0.39 is 48.2 Å². The number of carbonyl (C=O) groups excluding carboxylic acids is 6. The number of aryl methyl sites for hydroxylation is 1. The van der Waals surface area contributed by atoms with Gasteiger partial charge in [0.15, 0.2) is 6.61 Å². The van der Waals surface area contributed by atoms with E-state index in [0.29, 0.717) is 35.1 Å². The molecule has 6 amide bonds. The summed E-state index contributed by atoms with van der Waals surface area (Å²) in [4.78, 5) is 84.3. The van der Waals surface area contributed by atoms with Gasteiger partial charge in [0.1, 0.15) is 34.5 Å². The number of carbonyl (C=O) groups is 6. The van der Waals surface area contributed by atoms with E-state index in [1.807, 2.05) is 26.0 Å². The van der Waals surface area contributed by atoms with Crippen LogP contribution in [0, 0.1) is 24.7 Å². The molecule has 0 spiro atoms. The Labute approximate surface area is 325 Å². The molecule has 17 heteroatoms. The first-order valence-corrected chi connectivity index (χ1v) is 18.8. The molecule has 2 aromatic carbocycles. The molecule has 3 aliphatic rings. The topological polar surface area (TPSA) is 214 Å². The number of ether oxygens (including phenoxy) is 1. The predicted molar refractivity (Wildman–Crippen MR) is 207 cm³/mol. The number of unbranched alkanes of at least 4 members (excludes halogenated alkanes) is 1. The summed E-state index contributed by atoms with van der Waals surface area (Å²) in [6, 6.07) is 9.66. The van der Waals surface area contributed by atoms with Crippen LogP contribution in [0.15, 0.2) is 47.5 Å². The number of hydrogen-bond donors (Lipinski definition) is 5. The Morgan fingerprint density at radius 3 is 2.36 bits per heavy atom. The molecule has 2 atom stereocenters. The van der Waals surface area contributed by atoms with E-state index >= 15 is 0 Å². The second-order valence-electron chi connectivity index (χ2n) is 13.3. The average molecular weight is 787 g/mol. The number of imide groups is 2. The van der Waals surface area contributed by atoms with Gasteiger partial charge in [-0.25, -0.2) is 0 Å². The van der Waals surface area contributed by atoms with Crippen LogP contribution >= 0.6 is 22.9 Å². The van der Waals surface area contributed by atoms with Crippen LogP contribution in [0.5, 0.6) is 5.75 Å². The molecule has 15 nitrogen and oxygen atoms in total. The number of nitrogens with one attached hydrogen (secondary N) is 5. The third-order valence-corrected chi connectivity index (χ3v) is 11.0. The third kappa shape index (κ3) is 8.05. The minimum Gasteiger partial charge on any atom is -0.483 e. The smallest absolute Gasteiger partial charge is 0.266 e. The zero-order chi connectivity index (χ0) is 39.6. The first-order chi connectivity index (χ1) is 26.3. The Hall–Kier alpha value is -5.74. The second-order valence-corrected chi connectivity index (χ2v) is 14.9. The van der Waals surface area contributed by atoms with Gasteiger partial charge in [-0.1, -0.05) is 29.8 Å². The number of aliphatic imine (C=N–C) groups is 1. The molecule has 6 rings (SSSR count). The van der Waals surface area contributed by atoms with E-state index in [0.717, 1.165) is 26.5 Å². The molecule has 1 aromatic heterocycles. The van der Waals surface area contributed by atoms with Crippen LogP contribution in [0.1, 0.15) is 81.3 Å². The third-order valence-electron chi connectivity index (χ3n) is 9.52. The largest absolute Gasteiger partial charge is 0.483 e. The maximum absolute atomic E-state index is 13.2. The molecule has 3 aromatic rings. The Bertz CT molecular complexity index is 2160. The number of anilines is 1. The fraction of sp³-hybridized carbons (Fsp3) is 0.342. The van der Waals surface area contributed by atoms with Crippen molar-refractivity contribution in [1.82, 2.24) is 20.9 Å². The second kappa shape index (κ2) is 16.3. The molecule has 286 valence electrons. The highest BCUT2D eigenvalue weighted by molar-refractivity contribution is 7.17. The SMILES string of the molecule is CC(=N)N1C(=N)C(CC(=O)NCCCCNC(=O)COc2cccc3c2C(=O)N(C2CCC(=O)NC2=O)C3=O)N=C(c2ccc(Cl)cc2)c2c1sc(C)c2C. The number of thiophene rings is 1. The summed E-state index contributed by atoms with van der Waals surface area (Å²) in [6.07, 6.45) is 0.968. The lowest BCUT2D eigenvalue weighted by Crippen LogP contribution is -2.54. The lowest BCUT2D eigenvalue weighted by atomic mass is 9.99. The number of amides is 6. The first-order valence-electron chi connectivity index (χ1n) is 17.6. The minimum absolute atomic E-state index is 0.00526. The molecule has 0 bridgehead atoms. The molecule has 5 N–H and O–H groups in total. The first kappa shape index (κ1) is 39.0. The standard InChI is InChI=1S/C38H39ClN8O7S/c1-19-20(2)55-38-31(19)33(22-9-11-23(39)12-10-22)44-25(34(41)46(38)21(3)40)17-29(49)42-15-4-5-16-43-30(50)18-54-27-8-6-7-24-32(27)37(53)47(36(24)52)26-13-14-28(48)45-35(26)51/h6-12,25-26,40-41H,4-5,13-18H2,1-3H3,(H,42,49)(H,43,50)(H,45,48,51). The zero-order valence-corrected chi connectivity index (χ0v) is 31.9. The van der Waals surface area contributed by atoms with Crippen LogP contribution in [0.4, 0.5) is 5.00 Å². The summed E-state index contributed by atoms with van der Waals surface area (Å²) in [5.41, 5.74) is 3.23. The number of rotatable bonds is 12. The molecule has 3 aliphatic heterocycles. The van der Waals surface area contributed by atoms with Crippen molar-refractivity contribution in [2.75, 3.05) is 24.6 Å². The number of hydrogen-bond acceptors (Lipinski definition) is 11. The van der Waals surface area contributed by atoms with Crippen LogP contribution in [-0.2, 0) is 19.2 Å². The average Bonchev–Trinajstić information content (AvgIpc) is 3.52. The molecule has 0 aliphatic carbocycles. The van der Waals surface area contributed by atoms with E-state index in [4.69, 9.17) is 32.1 Å². The number of fused-ring (bicyclic) bond motifs is 2. The van der Waals surface area contributed by atoms with Gasteiger partial charge in [0.05, 0.1) is 23.3 Å². The van der Waals surface area contributed by atoms with Crippen LogP contribution in [0.3, 0.4) is 0 Å². The Balaban J connectivity index is 0.993. The molecular formula is C38H39ClN8O7S. The van der Waals surface area contributed by atoms with Gasteiger partial charge < -0.3 is 15.4 Å². The van der Waals surface area contributed by atoms with Crippen molar-refractivity contribution >= 4 is 80.8 Å². The van der Waals surface area contributed by atoms with E-state index in [1.54, 1.807) is 24.0 Å². The van der Waals surface area contributed by atoms with Gasteiger partial charge in [0.2, 0.25) is 17.7 Å². The summed E-state index contributed by atoms with van der Waals surface area (Å²) in [5.74, 6) is -3.19. The van der Waals surface area contributed by atoms with E-state index in [9.17, 15) is 28.8 Å². The molecular weight excluding hydrogens is 748 g/mol. The Morgan fingerprint density at radius 1 is 1.00 bits per heavy atom. The predicted octanol–water partition coefficient (Wildman–Crippen LogP) is 3.90. The highest BCUT2D eigenvalue weighted by Gasteiger charge is 2.46. The van der Waals surface area contributed by atoms with Crippen molar-refractivity contribution in [3.05, 3.63) is 80.2 Å². The number of benzene rings is 2. The summed E-state index contributed by atoms with van der Waals surface area (Å²) in [7, 11) is 0. The van der Waals surface area contributed by atoms with Crippen molar-refractivity contribution in [2.45, 2.75) is 65.0 Å². The fourth-order valence-electron chi connectivity index (χ4n) is 6.64.